The molecule has 0 atom stereocenters. The van der Waals surface area contributed by atoms with Gasteiger partial charge in [0, 0.05) is 23.8 Å². The maximum atomic E-state index is 13.4. The molecule has 8 heteroatoms. The molecule has 1 amide bonds. The van der Waals surface area contributed by atoms with Gasteiger partial charge in [0.15, 0.2) is 5.17 Å². The molecule has 3 aromatic carbocycles. The molecule has 5 rings (SSSR count). The molecule has 0 saturated carbocycles. The van der Waals surface area contributed by atoms with Crippen LogP contribution in [0.3, 0.4) is 0 Å². The van der Waals surface area contributed by atoms with Gasteiger partial charge in [-0.15, -0.1) is 0 Å². The lowest BCUT2D eigenvalue weighted by Gasteiger charge is -2.15. The van der Waals surface area contributed by atoms with E-state index in [1.165, 1.54) is 23.9 Å². The predicted octanol–water partition coefficient (Wildman–Crippen LogP) is 6.53. The molecule has 0 aliphatic carbocycles. The highest BCUT2D eigenvalue weighted by Gasteiger charge is 2.33. The van der Waals surface area contributed by atoms with Gasteiger partial charge in [0.1, 0.15) is 11.5 Å². The summed E-state index contributed by atoms with van der Waals surface area (Å²) in [5.74, 6) is 0.943. The number of non-ortho nitro benzene ring substituents is 1. The van der Waals surface area contributed by atoms with Crippen molar-refractivity contribution in [3.63, 3.8) is 0 Å². The second-order valence-corrected chi connectivity index (χ2v) is 9.09. The summed E-state index contributed by atoms with van der Waals surface area (Å²) in [7, 11) is 0. The number of carbonyl (C=O) groups is 1. The molecule has 0 radical (unpaired) electrons. The number of nitro benzene ring substituents is 1. The van der Waals surface area contributed by atoms with Crippen molar-refractivity contribution in [1.82, 2.24) is 4.90 Å². The highest BCUT2D eigenvalue weighted by atomic mass is 32.2. The molecule has 4 aromatic rings. The van der Waals surface area contributed by atoms with E-state index in [2.05, 4.69) is 0 Å². The molecule has 0 bridgehead atoms. The van der Waals surface area contributed by atoms with E-state index in [4.69, 9.17) is 9.41 Å². The van der Waals surface area contributed by atoms with Crippen LogP contribution < -0.4 is 0 Å². The Morgan fingerprint density at radius 3 is 2.22 bits per heavy atom. The molecule has 7 nitrogen and oxygen atoms in total. The number of amides is 1. The van der Waals surface area contributed by atoms with Crippen molar-refractivity contribution in [3.05, 3.63) is 129 Å². The van der Waals surface area contributed by atoms with Gasteiger partial charge in [-0.3, -0.25) is 24.8 Å². The number of aliphatic imine (C=N–C) groups is 1. The van der Waals surface area contributed by atoms with Crippen LogP contribution in [-0.4, -0.2) is 20.9 Å². The zero-order valence-electron chi connectivity index (χ0n) is 19.1. The first-order valence-electron chi connectivity index (χ1n) is 11.3. The summed E-state index contributed by atoms with van der Waals surface area (Å²) >= 11 is 1.32. The normalized spacial score (nSPS) is 15.7. The second-order valence-electron chi connectivity index (χ2n) is 8.08. The molecule has 0 unspecified atom stereocenters. The minimum Gasteiger partial charge on any atom is -0.457 e. The SMILES string of the molecule is O=C1C(=Cc2ccc(-c3ccc([N+](=O)[O-])cc3)o2)SC(=NCc2ccccc2)N1Cc1ccccc1. The number of carbonyl (C=O) groups excluding carboxylic acids is 1. The molecule has 1 aliphatic rings. The van der Waals surface area contributed by atoms with Gasteiger partial charge in [0.25, 0.3) is 11.6 Å². The van der Waals surface area contributed by atoms with Crippen LogP contribution in [0.1, 0.15) is 16.9 Å². The van der Waals surface area contributed by atoms with Crippen molar-refractivity contribution < 1.29 is 14.1 Å². The lowest BCUT2D eigenvalue weighted by molar-refractivity contribution is -0.384. The standard InChI is InChI=1S/C28H21N3O4S/c32-27-26(17-24-15-16-25(35-24)22-11-13-23(14-12-22)31(33)34)36-28(29-18-20-7-3-1-4-8-20)30(27)19-21-9-5-2-6-10-21/h1-17H,18-19H2. The summed E-state index contributed by atoms with van der Waals surface area (Å²) in [6.07, 6.45) is 1.71. The average molecular weight is 496 g/mol. The van der Waals surface area contributed by atoms with E-state index >= 15 is 0 Å². The molecule has 0 N–H and O–H groups in total. The molecule has 178 valence electrons. The molecule has 1 saturated heterocycles. The summed E-state index contributed by atoms with van der Waals surface area (Å²) in [4.78, 5) is 30.8. The molecule has 2 heterocycles. The zero-order valence-corrected chi connectivity index (χ0v) is 19.9. The third-order valence-corrected chi connectivity index (χ3v) is 6.62. The minimum absolute atomic E-state index is 0.0152. The van der Waals surface area contributed by atoms with Crippen LogP contribution in [0.4, 0.5) is 5.69 Å². The second kappa shape index (κ2) is 10.5. The predicted molar refractivity (Wildman–Crippen MR) is 141 cm³/mol. The topological polar surface area (TPSA) is 88.9 Å². The van der Waals surface area contributed by atoms with Crippen LogP contribution in [0.5, 0.6) is 0 Å². The summed E-state index contributed by atoms with van der Waals surface area (Å²) in [5.41, 5.74) is 2.81. The first-order chi connectivity index (χ1) is 17.6. The average Bonchev–Trinajstić information content (AvgIpc) is 3.49. The van der Waals surface area contributed by atoms with Gasteiger partial charge in [0.2, 0.25) is 0 Å². The Kier molecular flexibility index (Phi) is 6.77. The first-order valence-corrected chi connectivity index (χ1v) is 12.1. The third-order valence-electron chi connectivity index (χ3n) is 5.57. The maximum Gasteiger partial charge on any atom is 0.269 e. The largest absolute Gasteiger partial charge is 0.457 e. The van der Waals surface area contributed by atoms with E-state index < -0.39 is 4.92 Å². The monoisotopic (exact) mass is 495 g/mol. The number of hydrogen-bond donors (Lipinski definition) is 0. The number of hydrogen-bond acceptors (Lipinski definition) is 6. The highest BCUT2D eigenvalue weighted by Crippen LogP contribution is 2.35. The first kappa shape index (κ1) is 23.3. The Balaban J connectivity index is 1.40. The Morgan fingerprint density at radius 1 is 0.889 bits per heavy atom. The van der Waals surface area contributed by atoms with Gasteiger partial charge in [0.05, 0.1) is 22.9 Å². The zero-order chi connectivity index (χ0) is 24.9. The molecular weight excluding hydrogens is 474 g/mol. The van der Waals surface area contributed by atoms with Crippen molar-refractivity contribution in [2.45, 2.75) is 13.1 Å². The number of nitrogens with zero attached hydrogens (tertiary/aromatic N) is 3. The van der Waals surface area contributed by atoms with Gasteiger partial charge in [-0.2, -0.15) is 0 Å². The summed E-state index contributed by atoms with van der Waals surface area (Å²) < 4.78 is 5.93. The van der Waals surface area contributed by atoms with E-state index in [1.807, 2.05) is 60.7 Å². The van der Waals surface area contributed by atoms with E-state index in [0.717, 1.165) is 11.1 Å². The van der Waals surface area contributed by atoms with Crippen LogP contribution in [0.25, 0.3) is 17.4 Å². The Bertz CT molecular complexity index is 1450. The fourth-order valence-electron chi connectivity index (χ4n) is 3.74. The number of benzene rings is 3. The molecule has 1 aromatic heterocycles. The number of nitro groups is 1. The highest BCUT2D eigenvalue weighted by molar-refractivity contribution is 8.18. The Morgan fingerprint density at radius 2 is 1.56 bits per heavy atom. The van der Waals surface area contributed by atoms with Crippen molar-refractivity contribution in [2.75, 3.05) is 0 Å². The van der Waals surface area contributed by atoms with Gasteiger partial charge in [-0.05, 0) is 47.2 Å². The van der Waals surface area contributed by atoms with Crippen LogP contribution in [0.2, 0.25) is 0 Å². The van der Waals surface area contributed by atoms with E-state index in [9.17, 15) is 14.9 Å². The van der Waals surface area contributed by atoms with E-state index in [1.54, 1.807) is 35.2 Å². The third kappa shape index (κ3) is 5.29. The molecule has 36 heavy (non-hydrogen) atoms. The summed E-state index contributed by atoms with van der Waals surface area (Å²) in [6, 6.07) is 29.4. The Labute approximate surface area is 211 Å². The van der Waals surface area contributed by atoms with Crippen LogP contribution in [0.15, 0.2) is 111 Å². The number of furan rings is 1. The lowest BCUT2D eigenvalue weighted by Crippen LogP contribution is -2.28. The van der Waals surface area contributed by atoms with Crippen molar-refractivity contribution in [3.8, 4) is 11.3 Å². The smallest absolute Gasteiger partial charge is 0.269 e. The van der Waals surface area contributed by atoms with E-state index in [0.29, 0.717) is 40.2 Å². The fourth-order valence-corrected chi connectivity index (χ4v) is 4.69. The van der Waals surface area contributed by atoms with Crippen molar-refractivity contribution in [2.24, 2.45) is 4.99 Å². The summed E-state index contributed by atoms with van der Waals surface area (Å²) in [5, 5.41) is 11.5. The van der Waals surface area contributed by atoms with Gasteiger partial charge in [-0.1, -0.05) is 60.7 Å². The summed E-state index contributed by atoms with van der Waals surface area (Å²) in [6.45, 7) is 0.893. The van der Waals surface area contributed by atoms with Gasteiger partial charge in [-0.25, -0.2) is 0 Å². The quantitative estimate of drug-likeness (QED) is 0.165. The fraction of sp³-hybridized carbons (Fsp3) is 0.0714. The molecule has 0 spiro atoms. The molecule has 1 fully saturated rings. The van der Waals surface area contributed by atoms with Crippen molar-refractivity contribution in [1.29, 1.82) is 0 Å². The molecule has 1 aliphatic heterocycles. The Hall–Kier alpha value is -4.43. The number of rotatable bonds is 7. The van der Waals surface area contributed by atoms with Gasteiger partial charge < -0.3 is 4.42 Å². The number of amidine groups is 1. The minimum atomic E-state index is -0.442. The van der Waals surface area contributed by atoms with Gasteiger partial charge >= 0.3 is 0 Å². The van der Waals surface area contributed by atoms with E-state index in [-0.39, 0.29) is 11.6 Å². The molecular formula is C28H21N3O4S. The lowest BCUT2D eigenvalue weighted by atomic mass is 10.1. The van der Waals surface area contributed by atoms with Crippen LogP contribution in [-0.2, 0) is 17.9 Å². The maximum absolute atomic E-state index is 13.4. The number of thioether (sulfide) groups is 1. The van der Waals surface area contributed by atoms with Crippen molar-refractivity contribution >= 4 is 34.6 Å². The van der Waals surface area contributed by atoms with Crippen LogP contribution >= 0.6 is 11.8 Å². The van der Waals surface area contributed by atoms with Crippen LogP contribution in [0, 0.1) is 10.1 Å².